The zero-order chi connectivity index (χ0) is 11.9. The van der Waals surface area contributed by atoms with E-state index in [4.69, 9.17) is 11.6 Å². The SMILES string of the molecule is Cl.Clc1ccccc1C=NNC1=NCCCCC1. The number of hydrogen-bond donors (Lipinski definition) is 1. The molecule has 0 amide bonds. The van der Waals surface area contributed by atoms with Crippen molar-refractivity contribution in [1.82, 2.24) is 5.43 Å². The van der Waals surface area contributed by atoms with Gasteiger partial charge in [-0.05, 0) is 18.9 Å². The van der Waals surface area contributed by atoms with Crippen LogP contribution in [-0.4, -0.2) is 18.6 Å². The van der Waals surface area contributed by atoms with E-state index in [2.05, 4.69) is 15.5 Å². The fourth-order valence-electron chi connectivity index (χ4n) is 1.72. The molecule has 0 atom stereocenters. The van der Waals surface area contributed by atoms with Gasteiger partial charge in [-0.3, -0.25) is 10.4 Å². The van der Waals surface area contributed by atoms with Crippen LogP contribution >= 0.6 is 24.0 Å². The average molecular weight is 286 g/mol. The van der Waals surface area contributed by atoms with Crippen molar-refractivity contribution in [3.05, 3.63) is 34.9 Å². The van der Waals surface area contributed by atoms with Crippen molar-refractivity contribution < 1.29 is 0 Å². The molecule has 0 saturated carbocycles. The molecule has 1 aliphatic rings. The minimum Gasteiger partial charge on any atom is -0.271 e. The van der Waals surface area contributed by atoms with Crippen LogP contribution in [0.5, 0.6) is 0 Å². The van der Waals surface area contributed by atoms with E-state index in [9.17, 15) is 0 Å². The number of nitrogens with zero attached hydrogens (tertiary/aromatic N) is 2. The molecule has 1 aromatic carbocycles. The van der Waals surface area contributed by atoms with E-state index >= 15 is 0 Å². The molecule has 0 bridgehead atoms. The maximum Gasteiger partial charge on any atom is 0.117 e. The first-order chi connectivity index (χ1) is 8.36. The minimum absolute atomic E-state index is 0. The van der Waals surface area contributed by atoms with E-state index in [1.54, 1.807) is 6.21 Å². The molecule has 0 fully saturated rings. The van der Waals surface area contributed by atoms with E-state index in [-0.39, 0.29) is 12.4 Å². The molecular weight excluding hydrogens is 269 g/mol. The zero-order valence-electron chi connectivity index (χ0n) is 10.1. The number of aliphatic imine (C=N–C) groups is 1. The number of rotatable bonds is 2. The molecule has 1 heterocycles. The summed E-state index contributed by atoms with van der Waals surface area (Å²) in [5.74, 6) is 0.978. The summed E-state index contributed by atoms with van der Waals surface area (Å²) in [6.45, 7) is 0.907. The fourth-order valence-corrected chi connectivity index (χ4v) is 1.91. The Bertz CT molecular complexity index is 430. The first-order valence-electron chi connectivity index (χ1n) is 5.93. The molecule has 98 valence electrons. The van der Waals surface area contributed by atoms with E-state index < -0.39 is 0 Å². The molecule has 1 aromatic rings. The lowest BCUT2D eigenvalue weighted by Crippen LogP contribution is -2.17. The second kappa shape index (κ2) is 8.11. The van der Waals surface area contributed by atoms with Crippen LogP contribution in [0, 0.1) is 0 Å². The number of halogens is 2. The molecule has 0 unspecified atom stereocenters. The lowest BCUT2D eigenvalue weighted by atomic mass is 10.2. The Labute approximate surface area is 119 Å². The summed E-state index contributed by atoms with van der Waals surface area (Å²) in [7, 11) is 0. The summed E-state index contributed by atoms with van der Waals surface area (Å²) in [5.41, 5.74) is 3.91. The number of amidine groups is 1. The first-order valence-corrected chi connectivity index (χ1v) is 6.31. The predicted octanol–water partition coefficient (Wildman–Crippen LogP) is 3.66. The smallest absolute Gasteiger partial charge is 0.117 e. The van der Waals surface area contributed by atoms with Gasteiger partial charge in [-0.1, -0.05) is 36.2 Å². The lowest BCUT2D eigenvalue weighted by molar-refractivity contribution is 0.729. The van der Waals surface area contributed by atoms with Gasteiger partial charge in [-0.25, -0.2) is 0 Å². The number of nitrogens with one attached hydrogen (secondary N) is 1. The highest BCUT2D eigenvalue weighted by atomic mass is 35.5. The normalized spacial score (nSPS) is 15.7. The number of benzene rings is 1. The maximum absolute atomic E-state index is 6.02. The average Bonchev–Trinajstić information content (AvgIpc) is 2.60. The molecule has 0 aliphatic carbocycles. The van der Waals surface area contributed by atoms with Crippen molar-refractivity contribution in [1.29, 1.82) is 0 Å². The molecule has 0 aromatic heterocycles. The number of hydrazone groups is 1. The van der Waals surface area contributed by atoms with Crippen LogP contribution in [0.15, 0.2) is 34.4 Å². The molecule has 2 rings (SSSR count). The van der Waals surface area contributed by atoms with Crippen molar-refractivity contribution >= 4 is 36.1 Å². The van der Waals surface area contributed by atoms with Gasteiger partial charge in [-0.15, -0.1) is 12.4 Å². The highest BCUT2D eigenvalue weighted by Crippen LogP contribution is 2.12. The van der Waals surface area contributed by atoms with Crippen LogP contribution in [0.1, 0.15) is 31.2 Å². The first kappa shape index (κ1) is 15.0. The van der Waals surface area contributed by atoms with Gasteiger partial charge in [0.2, 0.25) is 0 Å². The van der Waals surface area contributed by atoms with E-state index in [0.717, 1.165) is 24.4 Å². The van der Waals surface area contributed by atoms with Crippen LogP contribution < -0.4 is 5.43 Å². The van der Waals surface area contributed by atoms with Gasteiger partial charge in [0, 0.05) is 23.6 Å². The maximum atomic E-state index is 6.02. The van der Waals surface area contributed by atoms with Gasteiger partial charge >= 0.3 is 0 Å². The summed E-state index contributed by atoms with van der Waals surface area (Å²) >= 11 is 6.02. The topological polar surface area (TPSA) is 36.8 Å². The van der Waals surface area contributed by atoms with Crippen molar-refractivity contribution in [3.8, 4) is 0 Å². The van der Waals surface area contributed by atoms with Crippen molar-refractivity contribution in [2.75, 3.05) is 6.54 Å². The predicted molar refractivity (Wildman–Crippen MR) is 80.2 cm³/mol. The third-order valence-electron chi connectivity index (χ3n) is 2.68. The van der Waals surface area contributed by atoms with Crippen LogP contribution in [0.2, 0.25) is 5.02 Å². The van der Waals surface area contributed by atoms with Crippen molar-refractivity contribution in [3.63, 3.8) is 0 Å². The van der Waals surface area contributed by atoms with E-state index in [0.29, 0.717) is 5.02 Å². The molecule has 3 nitrogen and oxygen atoms in total. The zero-order valence-corrected chi connectivity index (χ0v) is 11.7. The largest absolute Gasteiger partial charge is 0.271 e. The third kappa shape index (κ3) is 4.67. The summed E-state index contributed by atoms with van der Waals surface area (Å²) in [5, 5.41) is 4.89. The summed E-state index contributed by atoms with van der Waals surface area (Å²) in [6.07, 6.45) is 6.34. The Morgan fingerprint density at radius 2 is 2.06 bits per heavy atom. The monoisotopic (exact) mass is 285 g/mol. The Morgan fingerprint density at radius 1 is 1.22 bits per heavy atom. The fraction of sp³-hybridized carbons (Fsp3) is 0.385. The van der Waals surface area contributed by atoms with E-state index in [1.807, 2.05) is 24.3 Å². The van der Waals surface area contributed by atoms with Gasteiger partial charge in [-0.2, -0.15) is 5.10 Å². The van der Waals surface area contributed by atoms with Crippen LogP contribution in [-0.2, 0) is 0 Å². The Morgan fingerprint density at radius 3 is 2.89 bits per heavy atom. The standard InChI is InChI=1S/C13H16ClN3.ClH/c14-12-7-4-3-6-11(12)10-16-17-13-8-2-1-5-9-15-13;/h3-4,6-7,10H,1-2,5,8-9H2,(H,15,17);1H. The van der Waals surface area contributed by atoms with Crippen LogP contribution in [0.25, 0.3) is 0 Å². The molecule has 0 spiro atoms. The van der Waals surface area contributed by atoms with Crippen molar-refractivity contribution in [2.45, 2.75) is 25.7 Å². The molecule has 1 N–H and O–H groups in total. The highest BCUT2D eigenvalue weighted by Gasteiger charge is 2.02. The summed E-state index contributed by atoms with van der Waals surface area (Å²) in [4.78, 5) is 4.44. The van der Waals surface area contributed by atoms with Crippen LogP contribution in [0.3, 0.4) is 0 Å². The Hall–Kier alpha value is -1.06. The molecule has 18 heavy (non-hydrogen) atoms. The third-order valence-corrected chi connectivity index (χ3v) is 3.02. The van der Waals surface area contributed by atoms with Gasteiger partial charge in [0.25, 0.3) is 0 Å². The molecule has 0 radical (unpaired) electrons. The second-order valence-corrected chi connectivity index (χ2v) is 4.44. The van der Waals surface area contributed by atoms with Gasteiger partial charge in [0.05, 0.1) is 6.21 Å². The second-order valence-electron chi connectivity index (χ2n) is 4.03. The summed E-state index contributed by atoms with van der Waals surface area (Å²) < 4.78 is 0. The lowest BCUT2D eigenvalue weighted by Gasteiger charge is -2.02. The Balaban J connectivity index is 0.00000162. The number of hydrogen-bond acceptors (Lipinski definition) is 3. The highest BCUT2D eigenvalue weighted by molar-refractivity contribution is 6.33. The molecule has 1 aliphatic heterocycles. The Kier molecular flexibility index (Phi) is 6.76. The quantitative estimate of drug-likeness (QED) is 0.653. The van der Waals surface area contributed by atoms with E-state index in [1.165, 1.54) is 19.3 Å². The van der Waals surface area contributed by atoms with Gasteiger partial charge in [0.1, 0.15) is 5.84 Å². The van der Waals surface area contributed by atoms with Gasteiger partial charge < -0.3 is 0 Å². The molecular formula is C13H17Cl2N3. The van der Waals surface area contributed by atoms with Crippen molar-refractivity contribution in [2.24, 2.45) is 10.1 Å². The molecule has 0 saturated heterocycles. The van der Waals surface area contributed by atoms with Crippen LogP contribution in [0.4, 0.5) is 0 Å². The summed E-state index contributed by atoms with van der Waals surface area (Å²) in [6, 6.07) is 7.63. The van der Waals surface area contributed by atoms with Gasteiger partial charge in [0.15, 0.2) is 0 Å². The minimum atomic E-state index is 0. The molecule has 5 heteroatoms.